The monoisotopic (exact) mass is 652 g/mol. The summed E-state index contributed by atoms with van der Waals surface area (Å²) >= 11 is 12.5. The molecule has 236 valence electrons. The smallest absolute Gasteiger partial charge is 0.277 e. The molecular formula is C34H35Cl2FN4O4. The van der Waals surface area contributed by atoms with E-state index in [2.05, 4.69) is 10.2 Å². The number of hydrogen-bond donors (Lipinski definition) is 1. The van der Waals surface area contributed by atoms with E-state index in [0.717, 1.165) is 17.9 Å². The topological polar surface area (TPSA) is 82.2 Å². The van der Waals surface area contributed by atoms with Crippen LogP contribution >= 0.6 is 23.2 Å². The first-order valence-corrected chi connectivity index (χ1v) is 15.8. The van der Waals surface area contributed by atoms with Crippen LogP contribution in [-0.2, 0) is 14.4 Å². The van der Waals surface area contributed by atoms with E-state index in [-0.39, 0.29) is 34.3 Å². The van der Waals surface area contributed by atoms with Crippen molar-refractivity contribution >= 4 is 52.3 Å². The molecule has 2 saturated heterocycles. The van der Waals surface area contributed by atoms with Crippen LogP contribution in [0.3, 0.4) is 0 Å². The predicted molar refractivity (Wildman–Crippen MR) is 172 cm³/mol. The zero-order valence-electron chi connectivity index (χ0n) is 25.3. The van der Waals surface area contributed by atoms with Crippen molar-refractivity contribution in [2.75, 3.05) is 37.5 Å². The maximum absolute atomic E-state index is 16.0. The first-order valence-electron chi connectivity index (χ1n) is 15.1. The molecule has 0 unspecified atom stereocenters. The minimum absolute atomic E-state index is 0.0660. The number of rotatable bonds is 8. The van der Waals surface area contributed by atoms with Crippen molar-refractivity contribution in [2.45, 2.75) is 43.7 Å². The largest absolute Gasteiger partial charge is 0.324 e. The van der Waals surface area contributed by atoms with Gasteiger partial charge in [0.25, 0.3) is 5.91 Å². The van der Waals surface area contributed by atoms with Crippen LogP contribution in [0.5, 0.6) is 0 Å². The third kappa shape index (κ3) is 5.71. The summed E-state index contributed by atoms with van der Waals surface area (Å²) in [6, 6.07) is 18.1. The second-order valence-corrected chi connectivity index (χ2v) is 13.1. The fourth-order valence-electron chi connectivity index (χ4n) is 7.04. The second-order valence-electron chi connectivity index (χ2n) is 12.2. The van der Waals surface area contributed by atoms with Gasteiger partial charge in [0.05, 0.1) is 18.1 Å². The lowest BCUT2D eigenvalue weighted by molar-refractivity contribution is -0.127. The van der Waals surface area contributed by atoms with Crippen LogP contribution < -0.4 is 10.2 Å². The number of benzene rings is 3. The summed E-state index contributed by atoms with van der Waals surface area (Å²) in [5, 5.41) is 4.56. The summed E-state index contributed by atoms with van der Waals surface area (Å²) in [7, 11) is 2.93. The zero-order chi connectivity index (χ0) is 32.0. The Kier molecular flexibility index (Phi) is 8.65. The molecule has 2 aliphatic heterocycles. The van der Waals surface area contributed by atoms with E-state index in [0.29, 0.717) is 47.4 Å². The number of fused-ring (bicyclic) bond motifs is 1. The van der Waals surface area contributed by atoms with Gasteiger partial charge in [0, 0.05) is 54.1 Å². The Bertz CT molecular complexity index is 1630. The Labute approximate surface area is 272 Å². The number of nitrogens with one attached hydrogen (secondary N) is 1. The molecule has 3 aromatic rings. The first-order chi connectivity index (χ1) is 21.5. The fourth-order valence-corrected chi connectivity index (χ4v) is 7.42. The van der Waals surface area contributed by atoms with Crippen molar-refractivity contribution in [3.63, 3.8) is 0 Å². The van der Waals surface area contributed by atoms with E-state index in [1.807, 2.05) is 6.92 Å². The summed E-state index contributed by atoms with van der Waals surface area (Å²) in [6.07, 6.45) is 2.66. The van der Waals surface area contributed by atoms with Crippen molar-refractivity contribution in [2.24, 2.45) is 11.8 Å². The fraction of sp³-hybridized carbons (Fsp3) is 0.382. The van der Waals surface area contributed by atoms with E-state index < -0.39 is 23.2 Å². The lowest BCUT2D eigenvalue weighted by Gasteiger charge is -2.40. The van der Waals surface area contributed by atoms with Gasteiger partial charge in [0.1, 0.15) is 11.4 Å². The van der Waals surface area contributed by atoms with Gasteiger partial charge in [-0.05, 0) is 86.2 Å². The highest BCUT2D eigenvalue weighted by molar-refractivity contribution is 6.31. The van der Waals surface area contributed by atoms with Gasteiger partial charge in [-0.1, -0.05) is 41.4 Å². The van der Waals surface area contributed by atoms with Crippen molar-refractivity contribution in [1.82, 2.24) is 9.96 Å². The summed E-state index contributed by atoms with van der Waals surface area (Å²) in [5.41, 5.74) is 0.482. The van der Waals surface area contributed by atoms with E-state index in [4.69, 9.17) is 28.0 Å². The summed E-state index contributed by atoms with van der Waals surface area (Å²) in [4.78, 5) is 50.5. The van der Waals surface area contributed by atoms with Gasteiger partial charge in [-0.25, -0.2) is 9.45 Å². The minimum Gasteiger partial charge on any atom is -0.324 e. The number of halogens is 3. The van der Waals surface area contributed by atoms with Gasteiger partial charge in [-0.2, -0.15) is 0 Å². The Morgan fingerprint density at radius 3 is 2.44 bits per heavy atom. The van der Waals surface area contributed by atoms with Crippen LogP contribution in [-0.4, -0.2) is 66.5 Å². The molecule has 3 amide bonds. The molecule has 3 aromatic carbocycles. The van der Waals surface area contributed by atoms with Gasteiger partial charge in [0.2, 0.25) is 11.8 Å². The molecular weight excluding hydrogens is 618 g/mol. The average Bonchev–Trinajstić information content (AvgIpc) is 3.82. The molecule has 11 heteroatoms. The van der Waals surface area contributed by atoms with Crippen LogP contribution in [0.25, 0.3) is 0 Å². The first kappa shape index (κ1) is 31.5. The molecule has 1 aliphatic carbocycles. The molecule has 0 bridgehead atoms. The number of hydrogen-bond acceptors (Lipinski definition) is 5. The van der Waals surface area contributed by atoms with Crippen molar-refractivity contribution in [3.8, 4) is 0 Å². The summed E-state index contributed by atoms with van der Waals surface area (Å²) < 4.78 is 16.0. The number of hydroxylamine groups is 2. The number of carbonyl (C=O) groups is 3. The van der Waals surface area contributed by atoms with Crippen LogP contribution in [0.2, 0.25) is 10.0 Å². The average molecular weight is 654 g/mol. The maximum atomic E-state index is 16.0. The van der Waals surface area contributed by atoms with Crippen molar-refractivity contribution < 1.29 is 23.6 Å². The van der Waals surface area contributed by atoms with Crippen molar-refractivity contribution in [1.29, 1.82) is 0 Å². The van der Waals surface area contributed by atoms with Crippen molar-refractivity contribution in [3.05, 3.63) is 93.7 Å². The number of carbonyl (C=O) groups excluding carboxylic acids is 3. The van der Waals surface area contributed by atoms with Gasteiger partial charge in [-0.3, -0.25) is 24.1 Å². The Hall–Kier alpha value is -3.50. The third-order valence-electron chi connectivity index (χ3n) is 9.57. The molecule has 0 radical (unpaired) electrons. The normalized spacial score (nSPS) is 24.8. The van der Waals surface area contributed by atoms with Crippen LogP contribution in [0.1, 0.15) is 48.0 Å². The minimum atomic E-state index is -1.29. The highest BCUT2D eigenvalue weighted by atomic mass is 35.5. The Morgan fingerprint density at radius 1 is 1.07 bits per heavy atom. The van der Waals surface area contributed by atoms with Gasteiger partial charge < -0.3 is 10.2 Å². The summed E-state index contributed by atoms with van der Waals surface area (Å²) in [5.74, 6) is -2.67. The Morgan fingerprint density at radius 2 is 1.78 bits per heavy atom. The highest BCUT2D eigenvalue weighted by Gasteiger charge is 2.65. The lowest BCUT2D eigenvalue weighted by atomic mass is 9.72. The summed E-state index contributed by atoms with van der Waals surface area (Å²) in [6.45, 7) is 2.85. The standard InChI is InChI=1S/C34H35Cl2FN4O4/c1-34(33(44)38-23-7-4-6-22(35)18-23)29(25-8-5-9-26(36)30(25)37)28-27(41(34)19-20-10-11-20)16-17-40(32(28)43)24-14-12-21(13-15-24)31(42)39(2)45-3/h4-9,12-15,18,20,27-29H,10-11,16-17,19H2,1-3H3,(H,38,44)/t27-,28+,29-,34+/m0/s1. The van der Waals surface area contributed by atoms with E-state index in [1.165, 1.54) is 20.2 Å². The van der Waals surface area contributed by atoms with E-state index >= 15 is 4.39 Å². The third-order valence-corrected chi connectivity index (χ3v) is 10.1. The second kappa shape index (κ2) is 12.4. The molecule has 2 heterocycles. The van der Waals surface area contributed by atoms with Gasteiger partial charge >= 0.3 is 0 Å². The molecule has 1 saturated carbocycles. The quantitative estimate of drug-likeness (QED) is 0.285. The molecule has 4 atom stereocenters. The number of piperidine rings is 1. The number of amides is 3. The molecule has 0 aromatic heterocycles. The molecule has 1 N–H and O–H groups in total. The molecule has 0 spiro atoms. The van der Waals surface area contributed by atoms with Crippen LogP contribution in [0.4, 0.5) is 15.8 Å². The van der Waals surface area contributed by atoms with E-state index in [1.54, 1.807) is 65.6 Å². The number of likely N-dealkylation sites (tertiary alicyclic amines) is 1. The van der Waals surface area contributed by atoms with Gasteiger partial charge in [0.15, 0.2) is 0 Å². The molecule has 3 aliphatic rings. The van der Waals surface area contributed by atoms with Gasteiger partial charge in [-0.15, -0.1) is 0 Å². The zero-order valence-corrected chi connectivity index (χ0v) is 26.8. The number of nitrogens with zero attached hydrogens (tertiary/aromatic N) is 3. The predicted octanol–water partition coefficient (Wildman–Crippen LogP) is 6.39. The van der Waals surface area contributed by atoms with E-state index in [9.17, 15) is 14.4 Å². The lowest BCUT2D eigenvalue weighted by Crippen LogP contribution is -2.56. The molecule has 8 nitrogen and oxygen atoms in total. The molecule has 6 rings (SSSR count). The highest BCUT2D eigenvalue weighted by Crippen LogP contribution is 2.55. The molecule has 3 fully saturated rings. The number of anilines is 2. The van der Waals surface area contributed by atoms with Crippen LogP contribution in [0.15, 0.2) is 66.7 Å². The SMILES string of the molecule is CON(C)C(=O)c1ccc(N2CC[C@H]3[C@@H](C2=O)[C@H](c2cccc(Cl)c2F)[C@](C)(C(=O)Nc2cccc(Cl)c2)N3CC2CC2)cc1. The Balaban J connectivity index is 1.42. The van der Waals surface area contributed by atoms with Crippen LogP contribution in [0, 0.1) is 17.7 Å². The molecule has 45 heavy (non-hydrogen) atoms. The maximum Gasteiger partial charge on any atom is 0.277 e.